The largest absolute Gasteiger partial charge is 0.489 e. The first-order valence-electron chi connectivity index (χ1n) is 11.1. The van der Waals surface area contributed by atoms with Crippen molar-refractivity contribution in [3.63, 3.8) is 0 Å². The van der Waals surface area contributed by atoms with Crippen molar-refractivity contribution in [2.24, 2.45) is 10.9 Å². The van der Waals surface area contributed by atoms with E-state index in [2.05, 4.69) is 54.2 Å². The molecule has 0 amide bonds. The number of rotatable bonds is 5. The molecule has 2 aromatic carbocycles. The summed E-state index contributed by atoms with van der Waals surface area (Å²) in [6.07, 6.45) is 10.7. The monoisotopic (exact) mass is 399 g/mol. The Morgan fingerprint density at radius 1 is 0.967 bits per heavy atom. The minimum atomic E-state index is 0.253. The highest BCUT2D eigenvalue weighted by atomic mass is 16.5. The molecule has 2 heterocycles. The standard InChI is InChI=1S/C26H29N3O/c1-19-16-28-29-25(22-10-6-3-7-11-22)24(17-27-26(19)29)21-12-14-23(15-13-21)30-18-20-8-4-2-5-9-20/h2,4-5,8-9,12-17,22,24-25H,3,6-7,10-11,18H2,1H3. The van der Waals surface area contributed by atoms with Gasteiger partial charge in [-0.2, -0.15) is 5.10 Å². The molecular weight excluding hydrogens is 370 g/mol. The van der Waals surface area contributed by atoms with Crippen molar-refractivity contribution in [2.45, 2.75) is 57.6 Å². The lowest BCUT2D eigenvalue weighted by molar-refractivity contribution is 0.224. The predicted octanol–water partition coefficient (Wildman–Crippen LogP) is 6.39. The van der Waals surface area contributed by atoms with Gasteiger partial charge in [-0.1, -0.05) is 61.7 Å². The highest BCUT2D eigenvalue weighted by Gasteiger charge is 2.36. The summed E-state index contributed by atoms with van der Waals surface area (Å²) in [6.45, 7) is 2.69. The van der Waals surface area contributed by atoms with Gasteiger partial charge in [0.25, 0.3) is 0 Å². The zero-order valence-electron chi connectivity index (χ0n) is 17.6. The van der Waals surface area contributed by atoms with E-state index in [0.29, 0.717) is 18.6 Å². The van der Waals surface area contributed by atoms with Crippen molar-refractivity contribution in [2.75, 3.05) is 0 Å². The second kappa shape index (κ2) is 8.47. The SMILES string of the molecule is Cc1cnn2c1N=CC(c1ccc(OCc3ccccc3)cc1)C2C1CCCCC1. The van der Waals surface area contributed by atoms with Gasteiger partial charge in [-0.15, -0.1) is 0 Å². The average molecular weight is 400 g/mol. The molecule has 5 rings (SSSR count). The molecule has 2 aliphatic rings. The number of hydrogen-bond acceptors (Lipinski definition) is 3. The van der Waals surface area contributed by atoms with Crippen molar-refractivity contribution in [3.8, 4) is 5.75 Å². The predicted molar refractivity (Wildman–Crippen MR) is 121 cm³/mol. The molecule has 3 aromatic rings. The van der Waals surface area contributed by atoms with Gasteiger partial charge in [-0.25, -0.2) is 9.67 Å². The van der Waals surface area contributed by atoms with E-state index in [1.54, 1.807) is 0 Å². The van der Waals surface area contributed by atoms with Crippen LogP contribution < -0.4 is 4.74 Å². The molecule has 2 unspecified atom stereocenters. The summed E-state index contributed by atoms with van der Waals surface area (Å²) < 4.78 is 8.19. The van der Waals surface area contributed by atoms with Gasteiger partial charge in [-0.05, 0) is 48.9 Å². The van der Waals surface area contributed by atoms with Gasteiger partial charge in [0, 0.05) is 17.7 Å². The maximum Gasteiger partial charge on any atom is 0.153 e. The van der Waals surface area contributed by atoms with Crippen LogP contribution in [0.3, 0.4) is 0 Å². The summed E-state index contributed by atoms with van der Waals surface area (Å²) in [5.41, 5.74) is 3.63. The second-order valence-electron chi connectivity index (χ2n) is 8.63. The molecule has 0 bridgehead atoms. The first kappa shape index (κ1) is 19.1. The topological polar surface area (TPSA) is 39.4 Å². The minimum absolute atomic E-state index is 0.253. The number of nitrogens with zero attached hydrogens (tertiary/aromatic N) is 3. The third-order valence-corrected chi connectivity index (χ3v) is 6.60. The molecule has 30 heavy (non-hydrogen) atoms. The molecule has 1 aromatic heterocycles. The molecule has 1 saturated carbocycles. The fourth-order valence-corrected chi connectivity index (χ4v) is 4.99. The van der Waals surface area contributed by atoms with Crippen molar-refractivity contribution >= 4 is 12.0 Å². The molecule has 0 spiro atoms. The zero-order valence-corrected chi connectivity index (χ0v) is 17.6. The molecular formula is C26H29N3O. The zero-order chi connectivity index (χ0) is 20.3. The molecule has 0 N–H and O–H groups in total. The molecule has 4 heteroatoms. The molecule has 1 aliphatic carbocycles. The third-order valence-electron chi connectivity index (χ3n) is 6.60. The van der Waals surface area contributed by atoms with Gasteiger partial charge in [-0.3, -0.25) is 0 Å². The number of aryl methyl sites for hydroxylation is 1. The van der Waals surface area contributed by atoms with Gasteiger partial charge >= 0.3 is 0 Å². The summed E-state index contributed by atoms with van der Waals surface area (Å²) in [5.74, 6) is 2.84. The Labute approximate surface area is 178 Å². The first-order valence-corrected chi connectivity index (χ1v) is 11.1. The van der Waals surface area contributed by atoms with Crippen LogP contribution in [0.4, 0.5) is 5.82 Å². The van der Waals surface area contributed by atoms with Crippen LogP contribution in [0, 0.1) is 12.8 Å². The van der Waals surface area contributed by atoms with Gasteiger partial charge in [0.2, 0.25) is 0 Å². The summed E-state index contributed by atoms with van der Waals surface area (Å²) >= 11 is 0. The smallest absolute Gasteiger partial charge is 0.153 e. The van der Waals surface area contributed by atoms with E-state index in [1.807, 2.05) is 24.4 Å². The molecule has 0 radical (unpaired) electrons. The lowest BCUT2D eigenvalue weighted by Crippen LogP contribution is -2.31. The van der Waals surface area contributed by atoms with Crippen molar-refractivity contribution < 1.29 is 4.74 Å². The van der Waals surface area contributed by atoms with Crippen LogP contribution in [-0.4, -0.2) is 16.0 Å². The molecule has 1 fully saturated rings. The second-order valence-corrected chi connectivity index (χ2v) is 8.63. The highest BCUT2D eigenvalue weighted by molar-refractivity contribution is 5.74. The fourth-order valence-electron chi connectivity index (χ4n) is 4.99. The third kappa shape index (κ3) is 3.79. The highest BCUT2D eigenvalue weighted by Crippen LogP contribution is 2.45. The Balaban J connectivity index is 1.37. The van der Waals surface area contributed by atoms with Crippen molar-refractivity contribution in [3.05, 3.63) is 77.5 Å². The van der Waals surface area contributed by atoms with Crippen molar-refractivity contribution in [1.82, 2.24) is 9.78 Å². The molecule has 0 saturated heterocycles. The summed E-state index contributed by atoms with van der Waals surface area (Å²) in [7, 11) is 0. The van der Waals surface area contributed by atoms with Crippen LogP contribution in [0.1, 0.15) is 60.8 Å². The molecule has 4 nitrogen and oxygen atoms in total. The Hall–Kier alpha value is -2.88. The van der Waals surface area contributed by atoms with Gasteiger partial charge in [0.15, 0.2) is 5.82 Å². The fraction of sp³-hybridized carbons (Fsp3) is 0.385. The maximum atomic E-state index is 5.99. The Morgan fingerprint density at radius 2 is 1.73 bits per heavy atom. The van der Waals surface area contributed by atoms with E-state index < -0.39 is 0 Å². The van der Waals surface area contributed by atoms with Crippen LogP contribution in [0.5, 0.6) is 5.75 Å². The minimum Gasteiger partial charge on any atom is -0.489 e. The van der Waals surface area contributed by atoms with E-state index >= 15 is 0 Å². The number of ether oxygens (including phenoxy) is 1. The molecule has 2 atom stereocenters. The number of benzene rings is 2. The van der Waals surface area contributed by atoms with E-state index in [9.17, 15) is 0 Å². The number of aliphatic imine (C=N–C) groups is 1. The Bertz CT molecular complexity index is 1000. The number of hydrogen-bond donors (Lipinski definition) is 0. The van der Waals surface area contributed by atoms with Crippen LogP contribution in [0.25, 0.3) is 0 Å². The van der Waals surface area contributed by atoms with Gasteiger partial charge < -0.3 is 4.74 Å². The first-order chi connectivity index (χ1) is 14.8. The van der Waals surface area contributed by atoms with E-state index in [1.165, 1.54) is 43.2 Å². The van der Waals surface area contributed by atoms with E-state index in [0.717, 1.165) is 17.1 Å². The Morgan fingerprint density at radius 3 is 2.50 bits per heavy atom. The number of fused-ring (bicyclic) bond motifs is 1. The summed E-state index contributed by atoms with van der Waals surface area (Å²) in [4.78, 5) is 4.80. The maximum absolute atomic E-state index is 5.99. The van der Waals surface area contributed by atoms with Crippen LogP contribution >= 0.6 is 0 Å². The van der Waals surface area contributed by atoms with Crippen LogP contribution in [-0.2, 0) is 6.61 Å². The van der Waals surface area contributed by atoms with E-state index in [-0.39, 0.29) is 5.92 Å². The summed E-state index contributed by atoms with van der Waals surface area (Å²) in [5, 5.41) is 4.75. The molecule has 154 valence electrons. The number of aromatic nitrogens is 2. The van der Waals surface area contributed by atoms with Gasteiger partial charge in [0.05, 0.1) is 12.2 Å². The molecule has 1 aliphatic heterocycles. The van der Waals surface area contributed by atoms with Crippen molar-refractivity contribution in [1.29, 1.82) is 0 Å². The lowest BCUT2D eigenvalue weighted by atomic mass is 9.76. The lowest BCUT2D eigenvalue weighted by Gasteiger charge is -2.37. The Kier molecular flexibility index (Phi) is 5.39. The van der Waals surface area contributed by atoms with Crippen LogP contribution in [0.2, 0.25) is 0 Å². The van der Waals surface area contributed by atoms with E-state index in [4.69, 9.17) is 14.8 Å². The van der Waals surface area contributed by atoms with Crippen LogP contribution in [0.15, 0.2) is 65.8 Å². The quantitative estimate of drug-likeness (QED) is 0.498. The summed E-state index contributed by atoms with van der Waals surface area (Å²) in [6, 6.07) is 19.2. The average Bonchev–Trinajstić information content (AvgIpc) is 3.19. The van der Waals surface area contributed by atoms with Gasteiger partial charge in [0.1, 0.15) is 12.4 Å². The normalized spacial score (nSPS) is 21.4.